The van der Waals surface area contributed by atoms with E-state index in [0.29, 0.717) is 40.1 Å². The molecule has 7 nitrogen and oxygen atoms in total. The molecule has 5 rings (SSSR count). The van der Waals surface area contributed by atoms with Crippen molar-refractivity contribution in [3.63, 3.8) is 0 Å². The van der Waals surface area contributed by atoms with Crippen molar-refractivity contribution < 1.29 is 19.4 Å². The molecular weight excluding hydrogens is 522 g/mol. The molecule has 1 aromatic heterocycles. The van der Waals surface area contributed by atoms with Gasteiger partial charge in [0.05, 0.1) is 12.7 Å². The van der Waals surface area contributed by atoms with Gasteiger partial charge in [-0.2, -0.15) is 0 Å². The molecule has 190 valence electrons. The van der Waals surface area contributed by atoms with Crippen molar-refractivity contribution in [3.05, 3.63) is 106 Å². The lowest BCUT2D eigenvalue weighted by Gasteiger charge is -2.13. The number of carboxylic acid groups (broad SMARTS) is 1. The molecule has 0 aliphatic heterocycles. The number of carboxylic acids is 1. The summed E-state index contributed by atoms with van der Waals surface area (Å²) in [4.78, 5) is 16.8. The number of thioether (sulfide) groups is 1. The van der Waals surface area contributed by atoms with E-state index in [-0.39, 0.29) is 10.1 Å². The third kappa shape index (κ3) is 5.66. The molecule has 0 aliphatic rings. The van der Waals surface area contributed by atoms with Crippen LogP contribution in [0, 0.1) is 0 Å². The molecule has 1 heterocycles. The molecule has 0 saturated heterocycles. The van der Waals surface area contributed by atoms with E-state index in [1.807, 2.05) is 66.7 Å². The minimum Gasteiger partial charge on any atom is -0.496 e. The third-order valence-electron chi connectivity index (χ3n) is 5.74. The van der Waals surface area contributed by atoms with Gasteiger partial charge in [-0.1, -0.05) is 72.3 Å². The van der Waals surface area contributed by atoms with Crippen molar-refractivity contribution in [2.45, 2.75) is 11.8 Å². The van der Waals surface area contributed by atoms with Crippen molar-refractivity contribution in [1.29, 1.82) is 0 Å². The Kier molecular flexibility index (Phi) is 7.62. The number of fused-ring (bicyclic) bond motifs is 1. The predicted molar refractivity (Wildman–Crippen MR) is 150 cm³/mol. The summed E-state index contributed by atoms with van der Waals surface area (Å²) in [7, 11) is 1.55. The predicted octanol–water partition coefficient (Wildman–Crippen LogP) is 7.08. The van der Waals surface area contributed by atoms with Crippen molar-refractivity contribution in [2.75, 3.05) is 7.11 Å². The van der Waals surface area contributed by atoms with Crippen LogP contribution in [-0.2, 0) is 11.4 Å². The summed E-state index contributed by atoms with van der Waals surface area (Å²) in [6.45, 7) is 0.349. The number of nitrogens with one attached hydrogen (secondary N) is 1. The van der Waals surface area contributed by atoms with Gasteiger partial charge in [0, 0.05) is 10.6 Å². The van der Waals surface area contributed by atoms with Gasteiger partial charge in [0.1, 0.15) is 23.0 Å². The van der Waals surface area contributed by atoms with Crippen molar-refractivity contribution in [1.82, 2.24) is 15.2 Å². The number of rotatable bonds is 9. The number of hydrogen-bond acceptors (Lipinski definition) is 6. The molecule has 0 aliphatic carbocycles. The summed E-state index contributed by atoms with van der Waals surface area (Å²) in [5, 5.41) is 19.7. The number of halogens is 1. The molecule has 2 N–H and O–H groups in total. The number of aliphatic carboxylic acids is 1. The zero-order valence-electron chi connectivity index (χ0n) is 20.2. The summed E-state index contributed by atoms with van der Waals surface area (Å²) in [6.07, 6.45) is 1.60. The van der Waals surface area contributed by atoms with Crippen molar-refractivity contribution >= 4 is 46.2 Å². The van der Waals surface area contributed by atoms with Crippen LogP contribution in [0.4, 0.5) is 0 Å². The van der Waals surface area contributed by atoms with Crippen LogP contribution in [-0.4, -0.2) is 33.4 Å². The zero-order valence-corrected chi connectivity index (χ0v) is 21.8. The van der Waals surface area contributed by atoms with E-state index in [1.54, 1.807) is 31.4 Å². The van der Waals surface area contributed by atoms with Gasteiger partial charge in [0.25, 0.3) is 0 Å². The summed E-state index contributed by atoms with van der Waals surface area (Å²) in [6, 6.07) is 26.5. The number of H-pyrrole nitrogens is 1. The van der Waals surface area contributed by atoms with Gasteiger partial charge in [-0.25, -0.2) is 9.78 Å². The molecule has 0 atom stereocenters. The number of hydrogen-bond donors (Lipinski definition) is 2. The number of nitrogens with zero attached hydrogens (tertiary/aromatic N) is 2. The summed E-state index contributed by atoms with van der Waals surface area (Å²) in [5.41, 5.74) is 2.29. The Morgan fingerprint density at radius 1 is 1.03 bits per heavy atom. The van der Waals surface area contributed by atoms with Crippen LogP contribution in [0.15, 0.2) is 95.0 Å². The number of benzene rings is 4. The van der Waals surface area contributed by atoms with Crippen LogP contribution >= 0.6 is 23.4 Å². The quantitative estimate of drug-likeness (QED) is 0.151. The van der Waals surface area contributed by atoms with Crippen molar-refractivity contribution in [2.24, 2.45) is 0 Å². The molecule has 0 saturated carbocycles. The smallest absolute Gasteiger partial charge is 0.342 e. The van der Waals surface area contributed by atoms with Crippen LogP contribution in [0.25, 0.3) is 28.2 Å². The summed E-state index contributed by atoms with van der Waals surface area (Å²) in [5.74, 6) is 0.440. The SMILES string of the molecule is COc1ccc(Cl)cc1-c1nc(S/C(=C\c2c(OCc3ccccc3)ccc3ccccc23)C(=O)O)n[nH]1. The van der Waals surface area contributed by atoms with Crippen LogP contribution in [0.3, 0.4) is 0 Å². The first-order chi connectivity index (χ1) is 18.5. The van der Waals surface area contributed by atoms with E-state index in [4.69, 9.17) is 21.1 Å². The fraction of sp³-hybridized carbons (Fsp3) is 0.0690. The topological polar surface area (TPSA) is 97.3 Å². The highest BCUT2D eigenvalue weighted by Crippen LogP contribution is 2.36. The number of aromatic nitrogens is 3. The van der Waals surface area contributed by atoms with Crippen molar-refractivity contribution in [3.8, 4) is 22.9 Å². The summed E-state index contributed by atoms with van der Waals surface area (Å²) >= 11 is 7.09. The van der Waals surface area contributed by atoms with E-state index in [2.05, 4.69) is 15.2 Å². The Balaban J connectivity index is 1.50. The monoisotopic (exact) mass is 543 g/mol. The van der Waals surface area contributed by atoms with E-state index in [1.165, 1.54) is 0 Å². The van der Waals surface area contributed by atoms with Gasteiger partial charge in [-0.3, -0.25) is 5.10 Å². The molecule has 38 heavy (non-hydrogen) atoms. The van der Waals surface area contributed by atoms with Gasteiger partial charge in [0.15, 0.2) is 5.82 Å². The summed E-state index contributed by atoms with van der Waals surface area (Å²) < 4.78 is 11.5. The minimum absolute atomic E-state index is 0.0366. The number of ether oxygens (including phenoxy) is 2. The molecule has 0 amide bonds. The van der Waals surface area contributed by atoms with E-state index in [9.17, 15) is 9.90 Å². The van der Waals surface area contributed by atoms with Gasteiger partial charge < -0.3 is 14.6 Å². The van der Waals surface area contributed by atoms with E-state index >= 15 is 0 Å². The molecule has 9 heteroatoms. The second kappa shape index (κ2) is 11.4. The maximum Gasteiger partial charge on any atom is 0.342 e. The molecule has 4 aromatic carbocycles. The number of carbonyl (C=O) groups is 1. The highest BCUT2D eigenvalue weighted by molar-refractivity contribution is 8.04. The molecular formula is C29H22ClN3O4S. The average Bonchev–Trinajstić information content (AvgIpc) is 3.41. The normalized spacial score (nSPS) is 11.5. The maximum absolute atomic E-state index is 12.3. The zero-order chi connectivity index (χ0) is 26.5. The number of methoxy groups -OCH3 is 1. The standard InChI is InChI=1S/C29H22ClN3O4S/c1-36-24-14-12-20(30)15-23(24)27-31-29(33-32-27)38-26(28(34)35)16-22-21-10-6-5-9-19(21)11-13-25(22)37-17-18-7-3-2-4-8-18/h2-16H,17H2,1H3,(H,34,35)(H,31,32,33)/b26-16-. The number of aromatic amines is 1. The average molecular weight is 544 g/mol. The van der Waals surface area contributed by atoms with Crippen LogP contribution in [0.2, 0.25) is 5.02 Å². The molecule has 0 bridgehead atoms. The molecule has 0 radical (unpaired) electrons. The van der Waals surface area contributed by atoms with Gasteiger partial charge in [-0.15, -0.1) is 5.10 Å². The van der Waals surface area contributed by atoms with E-state index < -0.39 is 5.97 Å². The Labute approximate surface area is 228 Å². The lowest BCUT2D eigenvalue weighted by atomic mass is 10.0. The minimum atomic E-state index is -1.11. The fourth-order valence-electron chi connectivity index (χ4n) is 3.93. The molecule has 5 aromatic rings. The first-order valence-corrected chi connectivity index (χ1v) is 12.8. The van der Waals surface area contributed by atoms with Gasteiger partial charge in [0.2, 0.25) is 5.16 Å². The van der Waals surface area contributed by atoms with E-state index in [0.717, 1.165) is 28.1 Å². The van der Waals surface area contributed by atoms with Crippen LogP contribution in [0.5, 0.6) is 11.5 Å². The first-order valence-electron chi connectivity index (χ1n) is 11.6. The van der Waals surface area contributed by atoms with Crippen LogP contribution < -0.4 is 9.47 Å². The lowest BCUT2D eigenvalue weighted by Crippen LogP contribution is -2.00. The maximum atomic E-state index is 12.3. The second-order valence-electron chi connectivity index (χ2n) is 8.20. The Morgan fingerprint density at radius 3 is 2.58 bits per heavy atom. The molecule has 0 spiro atoms. The van der Waals surface area contributed by atoms with Gasteiger partial charge in [-0.05, 0) is 58.4 Å². The lowest BCUT2D eigenvalue weighted by molar-refractivity contribution is -0.131. The second-order valence-corrected chi connectivity index (χ2v) is 9.65. The van der Waals surface area contributed by atoms with Crippen LogP contribution in [0.1, 0.15) is 11.1 Å². The Bertz CT molecular complexity index is 1640. The van der Waals surface area contributed by atoms with Gasteiger partial charge >= 0.3 is 5.97 Å². The highest BCUT2D eigenvalue weighted by Gasteiger charge is 2.18. The highest BCUT2D eigenvalue weighted by atomic mass is 35.5. The third-order valence-corrected chi connectivity index (χ3v) is 6.85. The molecule has 0 unspecified atom stereocenters. The Morgan fingerprint density at radius 2 is 1.79 bits per heavy atom. The fourth-order valence-corrected chi connectivity index (χ4v) is 4.79. The largest absolute Gasteiger partial charge is 0.496 e. The molecule has 0 fully saturated rings. The Hall–Kier alpha value is -4.27. The first kappa shape index (κ1) is 25.4.